The highest BCUT2D eigenvalue weighted by Gasteiger charge is 2.27. The molecule has 2 heteroatoms. The van der Waals surface area contributed by atoms with Crippen LogP contribution in [0.4, 0.5) is 0 Å². The van der Waals surface area contributed by atoms with E-state index in [-0.39, 0.29) is 0 Å². The average Bonchev–Trinajstić information content (AvgIpc) is 2.82. The topological polar surface area (TPSA) is 21.3 Å². The molecule has 0 radical (unpaired) electrons. The van der Waals surface area contributed by atoms with E-state index in [1.807, 2.05) is 7.05 Å². The van der Waals surface area contributed by atoms with Gasteiger partial charge in [-0.15, -0.1) is 0 Å². The summed E-state index contributed by atoms with van der Waals surface area (Å²) >= 11 is 0. The van der Waals surface area contributed by atoms with Gasteiger partial charge in [0.1, 0.15) is 5.75 Å². The molecule has 19 heavy (non-hydrogen) atoms. The molecule has 0 aliphatic carbocycles. The minimum Gasteiger partial charge on any atom is -0.493 e. The van der Waals surface area contributed by atoms with Crippen molar-refractivity contribution in [3.8, 4) is 5.75 Å². The summed E-state index contributed by atoms with van der Waals surface area (Å²) in [5, 5.41) is 3.47. The van der Waals surface area contributed by atoms with E-state index in [2.05, 4.69) is 51.2 Å². The van der Waals surface area contributed by atoms with Crippen molar-refractivity contribution in [3.63, 3.8) is 0 Å². The number of hydrogen-bond donors (Lipinski definition) is 1. The molecule has 0 aromatic heterocycles. The number of ether oxygens (including phenoxy) is 1. The zero-order chi connectivity index (χ0) is 14.0. The average molecular weight is 261 g/mol. The summed E-state index contributed by atoms with van der Waals surface area (Å²) in [7, 11) is 2.05. The van der Waals surface area contributed by atoms with Crippen molar-refractivity contribution in [3.05, 3.63) is 29.3 Å². The Kier molecular flexibility index (Phi) is 4.19. The Morgan fingerprint density at radius 1 is 1.32 bits per heavy atom. The quantitative estimate of drug-likeness (QED) is 0.886. The molecule has 1 aromatic rings. The van der Waals surface area contributed by atoms with Gasteiger partial charge in [0.2, 0.25) is 0 Å². The standard InChI is InChI=1S/C17H27NO/c1-12(17(2,3)4)11-15(18-5)14-8-6-7-13-9-10-19-16(13)14/h6-8,12,15,18H,9-11H2,1-5H3. The first-order valence-corrected chi connectivity index (χ1v) is 7.35. The lowest BCUT2D eigenvalue weighted by atomic mass is 9.77. The van der Waals surface area contributed by atoms with Gasteiger partial charge in [-0.2, -0.15) is 0 Å². The second kappa shape index (κ2) is 5.54. The SMILES string of the molecule is CNC(CC(C)C(C)(C)C)c1cccc2c1OCC2. The Hall–Kier alpha value is -1.02. The van der Waals surface area contributed by atoms with Crippen LogP contribution in [0.5, 0.6) is 5.75 Å². The lowest BCUT2D eigenvalue weighted by Gasteiger charge is -2.31. The van der Waals surface area contributed by atoms with E-state index in [4.69, 9.17) is 4.74 Å². The fourth-order valence-corrected chi connectivity index (χ4v) is 2.62. The van der Waals surface area contributed by atoms with Crippen LogP contribution in [0.25, 0.3) is 0 Å². The van der Waals surface area contributed by atoms with Gasteiger partial charge in [0.05, 0.1) is 6.61 Å². The predicted octanol–water partition coefficient (Wildman–Crippen LogP) is 3.95. The van der Waals surface area contributed by atoms with Gasteiger partial charge in [-0.05, 0) is 30.4 Å². The molecule has 1 aromatic carbocycles. The van der Waals surface area contributed by atoms with Gasteiger partial charge in [0, 0.05) is 18.0 Å². The second-order valence-corrected chi connectivity index (χ2v) is 6.78. The van der Waals surface area contributed by atoms with Crippen LogP contribution in [-0.4, -0.2) is 13.7 Å². The monoisotopic (exact) mass is 261 g/mol. The van der Waals surface area contributed by atoms with Gasteiger partial charge in [-0.1, -0.05) is 45.9 Å². The first-order chi connectivity index (χ1) is 8.93. The summed E-state index contributed by atoms with van der Waals surface area (Å²) in [6.45, 7) is 10.1. The number of rotatable bonds is 4. The van der Waals surface area contributed by atoms with Gasteiger partial charge >= 0.3 is 0 Å². The molecule has 106 valence electrons. The van der Waals surface area contributed by atoms with Crippen molar-refractivity contribution >= 4 is 0 Å². The number of fused-ring (bicyclic) bond motifs is 1. The smallest absolute Gasteiger partial charge is 0.127 e. The molecular weight excluding hydrogens is 234 g/mol. The first kappa shape index (κ1) is 14.4. The molecule has 0 saturated carbocycles. The lowest BCUT2D eigenvalue weighted by molar-refractivity contribution is 0.224. The second-order valence-electron chi connectivity index (χ2n) is 6.78. The summed E-state index contributed by atoms with van der Waals surface area (Å²) in [5.41, 5.74) is 3.03. The minimum absolute atomic E-state index is 0.341. The number of benzene rings is 1. The fraction of sp³-hybridized carbons (Fsp3) is 0.647. The van der Waals surface area contributed by atoms with Crippen LogP contribution in [-0.2, 0) is 6.42 Å². The van der Waals surface area contributed by atoms with E-state index in [1.54, 1.807) is 0 Å². The molecule has 0 saturated heterocycles. The molecule has 0 bridgehead atoms. The maximum absolute atomic E-state index is 5.84. The van der Waals surface area contributed by atoms with Crippen molar-refractivity contribution in [2.75, 3.05) is 13.7 Å². The van der Waals surface area contributed by atoms with E-state index in [9.17, 15) is 0 Å². The van der Waals surface area contributed by atoms with Crippen molar-refractivity contribution in [2.45, 2.75) is 46.6 Å². The maximum atomic E-state index is 5.84. The third kappa shape index (κ3) is 3.11. The Morgan fingerprint density at radius 3 is 2.68 bits per heavy atom. The Morgan fingerprint density at radius 2 is 2.05 bits per heavy atom. The van der Waals surface area contributed by atoms with Crippen LogP contribution in [0.2, 0.25) is 0 Å². The molecule has 2 unspecified atom stereocenters. The van der Waals surface area contributed by atoms with Gasteiger partial charge in [0.25, 0.3) is 0 Å². The third-order valence-corrected chi connectivity index (χ3v) is 4.54. The van der Waals surface area contributed by atoms with Crippen LogP contribution < -0.4 is 10.1 Å². The van der Waals surface area contributed by atoms with E-state index < -0.39 is 0 Å². The Labute approximate surface area is 117 Å². The van der Waals surface area contributed by atoms with Gasteiger partial charge in [0.15, 0.2) is 0 Å². The van der Waals surface area contributed by atoms with E-state index >= 15 is 0 Å². The molecule has 0 spiro atoms. The van der Waals surface area contributed by atoms with Gasteiger partial charge in [-0.3, -0.25) is 0 Å². The van der Waals surface area contributed by atoms with Crippen LogP contribution >= 0.6 is 0 Å². The minimum atomic E-state index is 0.341. The largest absolute Gasteiger partial charge is 0.493 e. The van der Waals surface area contributed by atoms with Gasteiger partial charge in [-0.25, -0.2) is 0 Å². The third-order valence-electron chi connectivity index (χ3n) is 4.54. The number of nitrogens with one attached hydrogen (secondary N) is 1. The van der Waals surface area contributed by atoms with Crippen LogP contribution in [0.3, 0.4) is 0 Å². The van der Waals surface area contributed by atoms with Crippen LogP contribution in [0.1, 0.15) is 51.3 Å². The highest BCUT2D eigenvalue weighted by Crippen LogP contribution is 2.38. The molecule has 2 atom stereocenters. The molecule has 1 aliphatic rings. The Bertz CT molecular complexity index is 433. The maximum Gasteiger partial charge on any atom is 0.127 e. The van der Waals surface area contributed by atoms with E-state index in [0.717, 1.165) is 25.2 Å². The zero-order valence-corrected chi connectivity index (χ0v) is 12.9. The lowest BCUT2D eigenvalue weighted by Crippen LogP contribution is -2.25. The van der Waals surface area contributed by atoms with Crippen molar-refractivity contribution in [1.82, 2.24) is 5.32 Å². The van der Waals surface area contributed by atoms with Crippen LogP contribution in [0.15, 0.2) is 18.2 Å². The summed E-state index contributed by atoms with van der Waals surface area (Å²) < 4.78 is 5.84. The molecule has 1 heterocycles. The van der Waals surface area contributed by atoms with Crippen molar-refractivity contribution in [1.29, 1.82) is 0 Å². The summed E-state index contributed by atoms with van der Waals surface area (Å²) in [4.78, 5) is 0. The van der Waals surface area contributed by atoms with E-state index in [0.29, 0.717) is 17.4 Å². The zero-order valence-electron chi connectivity index (χ0n) is 12.9. The van der Waals surface area contributed by atoms with Crippen molar-refractivity contribution < 1.29 is 4.74 Å². The number of hydrogen-bond acceptors (Lipinski definition) is 2. The molecule has 1 aliphatic heterocycles. The molecule has 0 amide bonds. The highest BCUT2D eigenvalue weighted by molar-refractivity contribution is 5.45. The fourth-order valence-electron chi connectivity index (χ4n) is 2.62. The highest BCUT2D eigenvalue weighted by atomic mass is 16.5. The summed E-state index contributed by atoms with van der Waals surface area (Å²) in [5.74, 6) is 1.78. The molecule has 1 N–H and O–H groups in total. The molecule has 2 rings (SSSR count). The molecular formula is C17H27NO. The van der Waals surface area contributed by atoms with E-state index in [1.165, 1.54) is 11.1 Å². The van der Waals surface area contributed by atoms with Gasteiger partial charge < -0.3 is 10.1 Å². The summed E-state index contributed by atoms with van der Waals surface area (Å²) in [6.07, 6.45) is 2.19. The summed E-state index contributed by atoms with van der Waals surface area (Å²) in [6, 6.07) is 6.93. The Balaban J connectivity index is 2.21. The van der Waals surface area contributed by atoms with Crippen molar-refractivity contribution in [2.24, 2.45) is 11.3 Å². The number of para-hydroxylation sites is 1. The first-order valence-electron chi connectivity index (χ1n) is 7.35. The molecule has 0 fully saturated rings. The normalized spacial score (nSPS) is 17.7. The predicted molar refractivity (Wildman–Crippen MR) is 80.7 cm³/mol. The van der Waals surface area contributed by atoms with Crippen LogP contribution in [0, 0.1) is 11.3 Å². The molecule has 2 nitrogen and oxygen atoms in total.